The van der Waals surface area contributed by atoms with Gasteiger partial charge in [0.15, 0.2) is 0 Å². The molecule has 0 bridgehead atoms. The van der Waals surface area contributed by atoms with E-state index in [-0.39, 0.29) is 6.42 Å². The first kappa shape index (κ1) is 10.1. The maximum Gasteiger partial charge on any atom is 0.412 e. The summed E-state index contributed by atoms with van der Waals surface area (Å²) in [4.78, 5) is 0. The average Bonchev–Trinajstić information content (AvgIpc) is 1.94. The lowest BCUT2D eigenvalue weighted by Gasteiger charge is -2.11. The smallest absolute Gasteiger partial charge is 0.166 e. The van der Waals surface area contributed by atoms with Crippen molar-refractivity contribution in [2.24, 2.45) is 0 Å². The van der Waals surface area contributed by atoms with Crippen molar-refractivity contribution >= 4 is 0 Å². The van der Waals surface area contributed by atoms with Crippen molar-refractivity contribution in [3.8, 4) is 0 Å². The molecule has 72 valence electrons. The third kappa shape index (κ3) is 3.09. The molecule has 0 nitrogen and oxygen atoms in total. The van der Waals surface area contributed by atoms with Gasteiger partial charge in [-0.2, -0.15) is 13.2 Å². The predicted molar refractivity (Wildman–Crippen MR) is 46.3 cm³/mol. The van der Waals surface area contributed by atoms with Crippen molar-refractivity contribution in [3.05, 3.63) is 35.5 Å². The van der Waals surface area contributed by atoms with Crippen LogP contribution in [0.25, 0.3) is 0 Å². The highest BCUT2D eigenvalue weighted by molar-refractivity contribution is 5.29. The fourth-order valence-electron chi connectivity index (χ4n) is 1.17. The van der Waals surface area contributed by atoms with Gasteiger partial charge < -0.3 is 0 Å². The predicted octanol–water partition coefficient (Wildman–Crippen LogP) is 3.77. The summed E-state index contributed by atoms with van der Waals surface area (Å²) < 4.78 is 36.9. The Morgan fingerprint density at radius 3 is 2.62 bits per heavy atom. The first-order valence-corrected chi connectivity index (χ1v) is 4.11. The second-order valence-electron chi connectivity index (χ2n) is 3.04. The molecule has 1 aliphatic carbocycles. The fourth-order valence-corrected chi connectivity index (χ4v) is 1.17. The number of halogens is 3. The Kier molecular flexibility index (Phi) is 2.96. The standard InChI is InChI=1S/C10H11F3/c1-8-5-3-2-4-6-9(7-8)10(11,12)13/h2-3,5,7H,4,6H2,1H3/b3-2-,8-5-,9-7+. The molecule has 0 saturated heterocycles. The van der Waals surface area contributed by atoms with E-state index in [0.29, 0.717) is 12.0 Å². The lowest BCUT2D eigenvalue weighted by atomic mass is 10.0. The minimum Gasteiger partial charge on any atom is -0.166 e. The highest BCUT2D eigenvalue weighted by Gasteiger charge is 2.32. The molecule has 0 fully saturated rings. The van der Waals surface area contributed by atoms with Crippen LogP contribution in [0.5, 0.6) is 0 Å². The van der Waals surface area contributed by atoms with Gasteiger partial charge in [-0.25, -0.2) is 0 Å². The largest absolute Gasteiger partial charge is 0.412 e. The molecule has 1 rings (SSSR count). The van der Waals surface area contributed by atoms with Gasteiger partial charge in [0.05, 0.1) is 0 Å². The number of allylic oxidation sites excluding steroid dienone is 6. The SMILES string of the molecule is CC1=C/C=C\CC/C(C(F)(F)F)=C\1. The Balaban J connectivity index is 2.92. The van der Waals surface area contributed by atoms with Crippen molar-refractivity contribution in [1.29, 1.82) is 0 Å². The van der Waals surface area contributed by atoms with Gasteiger partial charge in [0.2, 0.25) is 0 Å². The van der Waals surface area contributed by atoms with Gasteiger partial charge in [0.1, 0.15) is 0 Å². The van der Waals surface area contributed by atoms with E-state index in [0.717, 1.165) is 0 Å². The highest BCUT2D eigenvalue weighted by Crippen LogP contribution is 2.30. The normalized spacial score (nSPS) is 29.2. The molecule has 13 heavy (non-hydrogen) atoms. The highest BCUT2D eigenvalue weighted by atomic mass is 19.4. The molecule has 0 spiro atoms. The third-order valence-corrected chi connectivity index (χ3v) is 1.84. The summed E-state index contributed by atoms with van der Waals surface area (Å²) in [6, 6.07) is 0. The molecule has 1 aliphatic rings. The van der Waals surface area contributed by atoms with Crippen molar-refractivity contribution in [1.82, 2.24) is 0 Å². The van der Waals surface area contributed by atoms with Gasteiger partial charge in [0.25, 0.3) is 0 Å². The number of hydrogen-bond donors (Lipinski definition) is 0. The molecule has 0 aromatic rings. The summed E-state index contributed by atoms with van der Waals surface area (Å²) in [5, 5.41) is 0. The van der Waals surface area contributed by atoms with Crippen LogP contribution in [0.2, 0.25) is 0 Å². The van der Waals surface area contributed by atoms with E-state index in [1.54, 1.807) is 25.2 Å². The monoisotopic (exact) mass is 188 g/mol. The quantitative estimate of drug-likeness (QED) is 0.542. The number of hydrogen-bond acceptors (Lipinski definition) is 0. The second-order valence-corrected chi connectivity index (χ2v) is 3.04. The molecule has 0 atom stereocenters. The van der Waals surface area contributed by atoms with Crippen LogP contribution in [-0.4, -0.2) is 6.18 Å². The third-order valence-electron chi connectivity index (χ3n) is 1.84. The van der Waals surface area contributed by atoms with E-state index in [9.17, 15) is 13.2 Å². The summed E-state index contributed by atoms with van der Waals surface area (Å²) in [6.07, 6.45) is 2.79. The Bertz CT molecular complexity index is 266. The summed E-state index contributed by atoms with van der Waals surface area (Å²) in [5.74, 6) is 0. The lowest BCUT2D eigenvalue weighted by molar-refractivity contribution is -0.0939. The van der Waals surface area contributed by atoms with Crippen molar-refractivity contribution in [3.63, 3.8) is 0 Å². The molecule has 0 heterocycles. The van der Waals surface area contributed by atoms with Crippen LogP contribution in [0.15, 0.2) is 35.5 Å². The van der Waals surface area contributed by atoms with Gasteiger partial charge in [-0.05, 0) is 19.8 Å². The molecule has 0 aromatic heterocycles. The molecule has 0 unspecified atom stereocenters. The Labute approximate surface area is 75.4 Å². The van der Waals surface area contributed by atoms with E-state index in [2.05, 4.69) is 0 Å². The van der Waals surface area contributed by atoms with Crippen LogP contribution < -0.4 is 0 Å². The van der Waals surface area contributed by atoms with Gasteiger partial charge in [-0.1, -0.05) is 29.9 Å². The van der Waals surface area contributed by atoms with E-state index < -0.39 is 11.7 Å². The van der Waals surface area contributed by atoms with Gasteiger partial charge in [0, 0.05) is 5.57 Å². The van der Waals surface area contributed by atoms with E-state index in [1.807, 2.05) is 0 Å². The summed E-state index contributed by atoms with van der Waals surface area (Å²) >= 11 is 0. The zero-order chi connectivity index (χ0) is 9.90. The second kappa shape index (κ2) is 3.81. The number of rotatable bonds is 0. The molecule has 3 heteroatoms. The molecule has 0 radical (unpaired) electrons. The van der Waals surface area contributed by atoms with Crippen LogP contribution >= 0.6 is 0 Å². The minimum atomic E-state index is -4.18. The Hall–Kier alpha value is -0.990. The maximum atomic E-state index is 12.3. The van der Waals surface area contributed by atoms with Gasteiger partial charge in [-0.3, -0.25) is 0 Å². The van der Waals surface area contributed by atoms with Gasteiger partial charge >= 0.3 is 6.18 Å². The van der Waals surface area contributed by atoms with Crippen molar-refractivity contribution in [2.75, 3.05) is 0 Å². The van der Waals surface area contributed by atoms with Crippen LogP contribution in [-0.2, 0) is 0 Å². The zero-order valence-electron chi connectivity index (χ0n) is 7.36. The maximum absolute atomic E-state index is 12.3. The molecular weight excluding hydrogens is 177 g/mol. The van der Waals surface area contributed by atoms with E-state index >= 15 is 0 Å². The molecule has 0 aromatic carbocycles. The minimum absolute atomic E-state index is 0.0746. The molecule has 0 saturated carbocycles. The first-order chi connectivity index (χ1) is 6.00. The summed E-state index contributed by atoms with van der Waals surface area (Å²) in [6.45, 7) is 1.67. The zero-order valence-corrected chi connectivity index (χ0v) is 7.36. The summed E-state index contributed by atoms with van der Waals surface area (Å²) in [7, 11) is 0. The molecule has 0 N–H and O–H groups in total. The molecular formula is C10H11F3. The molecule has 0 amide bonds. The van der Waals surface area contributed by atoms with Crippen molar-refractivity contribution in [2.45, 2.75) is 25.9 Å². The molecule has 0 aliphatic heterocycles. The van der Waals surface area contributed by atoms with E-state index in [1.165, 1.54) is 6.08 Å². The average molecular weight is 188 g/mol. The van der Waals surface area contributed by atoms with Gasteiger partial charge in [-0.15, -0.1) is 0 Å². The van der Waals surface area contributed by atoms with E-state index in [4.69, 9.17) is 0 Å². The summed E-state index contributed by atoms with van der Waals surface area (Å²) in [5.41, 5.74) is 0.203. The Morgan fingerprint density at radius 1 is 1.31 bits per heavy atom. The lowest BCUT2D eigenvalue weighted by Crippen LogP contribution is -2.12. The van der Waals surface area contributed by atoms with Crippen LogP contribution in [0.3, 0.4) is 0 Å². The number of alkyl halides is 3. The van der Waals surface area contributed by atoms with Crippen LogP contribution in [0, 0.1) is 0 Å². The fraction of sp³-hybridized carbons (Fsp3) is 0.400. The first-order valence-electron chi connectivity index (χ1n) is 4.11. The van der Waals surface area contributed by atoms with Crippen LogP contribution in [0.4, 0.5) is 13.2 Å². The topological polar surface area (TPSA) is 0 Å². The van der Waals surface area contributed by atoms with Crippen molar-refractivity contribution < 1.29 is 13.2 Å². The van der Waals surface area contributed by atoms with Crippen LogP contribution in [0.1, 0.15) is 19.8 Å². The Morgan fingerprint density at radius 2 is 2.00 bits per heavy atom.